The van der Waals surface area contributed by atoms with Gasteiger partial charge in [0.15, 0.2) is 0 Å². The van der Waals surface area contributed by atoms with Crippen LogP contribution in [0, 0.1) is 6.92 Å². The minimum Gasteiger partial charge on any atom is -0.490 e. The molecule has 0 aliphatic heterocycles. The maximum absolute atomic E-state index is 12.3. The smallest absolute Gasteiger partial charge is 0.324 e. The second-order valence-corrected chi connectivity index (χ2v) is 9.46. The predicted molar refractivity (Wildman–Crippen MR) is 105 cm³/mol. The summed E-state index contributed by atoms with van der Waals surface area (Å²) in [6.45, 7) is 3.09. The Morgan fingerprint density at radius 3 is 2.07 bits per heavy atom. The Kier molecular flexibility index (Phi) is 7.36. The Hall–Kier alpha value is -2.47. The van der Waals surface area contributed by atoms with Crippen LogP contribution in [0.1, 0.15) is 12.5 Å². The Morgan fingerprint density at radius 2 is 1.52 bits per heavy atom. The van der Waals surface area contributed by atoms with Crippen molar-refractivity contribution >= 4 is 26.0 Å². The number of ether oxygens (including phenoxy) is 2. The lowest BCUT2D eigenvalue weighted by Gasteiger charge is -2.14. The first-order chi connectivity index (χ1) is 13.5. The molecular formula is C18H22N2O7S2. The van der Waals surface area contributed by atoms with Gasteiger partial charge in [0, 0.05) is 0 Å². The Morgan fingerprint density at radius 1 is 0.966 bits per heavy atom. The fourth-order valence-corrected chi connectivity index (χ4v) is 3.93. The number of nitrogens with one attached hydrogen (secondary N) is 1. The first kappa shape index (κ1) is 22.8. The minimum absolute atomic E-state index is 0.00209. The minimum atomic E-state index is -3.85. The summed E-state index contributed by atoms with van der Waals surface area (Å²) in [6.07, 6.45) is 0. The monoisotopic (exact) mass is 442 g/mol. The zero-order chi connectivity index (χ0) is 21.7. The van der Waals surface area contributed by atoms with Crippen LogP contribution in [0.5, 0.6) is 5.75 Å². The van der Waals surface area contributed by atoms with E-state index >= 15 is 0 Å². The van der Waals surface area contributed by atoms with Gasteiger partial charge in [-0.25, -0.2) is 22.0 Å². The Bertz CT molecular complexity index is 1050. The van der Waals surface area contributed by atoms with E-state index in [1.54, 1.807) is 12.1 Å². The van der Waals surface area contributed by atoms with Gasteiger partial charge in [-0.3, -0.25) is 4.79 Å². The van der Waals surface area contributed by atoms with E-state index in [1.165, 1.54) is 43.3 Å². The molecule has 29 heavy (non-hydrogen) atoms. The number of primary sulfonamides is 1. The predicted octanol–water partition coefficient (Wildman–Crippen LogP) is 0.931. The maximum Gasteiger partial charge on any atom is 0.324 e. The maximum atomic E-state index is 12.3. The zero-order valence-electron chi connectivity index (χ0n) is 15.9. The van der Waals surface area contributed by atoms with Gasteiger partial charge in [-0.2, -0.15) is 4.72 Å². The summed E-state index contributed by atoms with van der Waals surface area (Å²) in [6, 6.07) is 10.5. The van der Waals surface area contributed by atoms with Crippen molar-refractivity contribution in [3.8, 4) is 5.75 Å². The van der Waals surface area contributed by atoms with Gasteiger partial charge in [0.1, 0.15) is 25.0 Å². The summed E-state index contributed by atoms with van der Waals surface area (Å²) in [5.74, 6) is -0.393. The van der Waals surface area contributed by atoms with Gasteiger partial charge in [-0.15, -0.1) is 0 Å². The molecule has 1 atom stereocenters. The van der Waals surface area contributed by atoms with Crippen molar-refractivity contribution in [3.63, 3.8) is 0 Å². The molecule has 0 bridgehead atoms. The molecule has 0 aliphatic carbocycles. The molecule has 0 aromatic heterocycles. The number of carbonyl (C=O) groups excluding carboxylic acids is 1. The summed E-state index contributed by atoms with van der Waals surface area (Å²) in [5, 5.41) is 5.00. The molecular weight excluding hydrogens is 420 g/mol. The van der Waals surface area contributed by atoms with Crippen molar-refractivity contribution in [2.45, 2.75) is 29.7 Å². The number of esters is 1. The van der Waals surface area contributed by atoms with Crippen LogP contribution in [0.2, 0.25) is 0 Å². The molecule has 3 N–H and O–H groups in total. The summed E-state index contributed by atoms with van der Waals surface area (Å²) < 4.78 is 59.5. The van der Waals surface area contributed by atoms with Gasteiger partial charge in [0.2, 0.25) is 20.0 Å². The van der Waals surface area contributed by atoms with Gasteiger partial charge in [0.05, 0.1) is 9.79 Å². The number of carbonyl (C=O) groups is 1. The fourth-order valence-electron chi connectivity index (χ4n) is 2.22. The van der Waals surface area contributed by atoms with E-state index in [4.69, 9.17) is 14.6 Å². The number of hydrogen-bond donors (Lipinski definition) is 2. The van der Waals surface area contributed by atoms with Crippen LogP contribution in [0.25, 0.3) is 0 Å². The molecule has 0 fully saturated rings. The second-order valence-electron chi connectivity index (χ2n) is 6.19. The Balaban J connectivity index is 1.80. The summed E-state index contributed by atoms with van der Waals surface area (Å²) >= 11 is 0. The topological polar surface area (TPSA) is 142 Å². The molecule has 0 unspecified atom stereocenters. The Labute approximate surface area is 169 Å². The first-order valence-corrected chi connectivity index (χ1v) is 11.5. The van der Waals surface area contributed by atoms with Crippen LogP contribution in [0.3, 0.4) is 0 Å². The van der Waals surface area contributed by atoms with Crippen LogP contribution in [0.4, 0.5) is 0 Å². The molecule has 0 heterocycles. The van der Waals surface area contributed by atoms with E-state index in [0.29, 0.717) is 5.75 Å². The standard InChI is InChI=1S/C18H22N2O7S2/c1-13-3-7-17(8-4-13)29(24,25)20-14(2)18(21)27-12-11-26-15-5-9-16(10-6-15)28(19,22)23/h3-10,14,20H,11-12H2,1-2H3,(H2,19,22,23)/t14-/m0/s1. The van der Waals surface area contributed by atoms with Crippen molar-refractivity contribution in [2.75, 3.05) is 13.2 Å². The van der Waals surface area contributed by atoms with E-state index in [1.807, 2.05) is 6.92 Å². The summed E-state index contributed by atoms with van der Waals surface area (Å²) in [5.41, 5.74) is 0.913. The molecule has 2 rings (SSSR count). The number of rotatable bonds is 9. The highest BCUT2D eigenvalue weighted by Gasteiger charge is 2.23. The average molecular weight is 443 g/mol. The van der Waals surface area contributed by atoms with Gasteiger partial charge >= 0.3 is 5.97 Å². The van der Waals surface area contributed by atoms with Crippen molar-refractivity contribution < 1.29 is 31.1 Å². The molecule has 0 radical (unpaired) electrons. The molecule has 11 heteroatoms. The van der Waals surface area contributed by atoms with Crippen LogP contribution in [-0.2, 0) is 29.6 Å². The van der Waals surface area contributed by atoms with Gasteiger partial charge < -0.3 is 9.47 Å². The number of sulfonamides is 2. The zero-order valence-corrected chi connectivity index (χ0v) is 17.5. The lowest BCUT2D eigenvalue weighted by molar-refractivity contribution is -0.145. The van der Waals surface area contributed by atoms with E-state index in [2.05, 4.69) is 4.72 Å². The average Bonchev–Trinajstić information content (AvgIpc) is 2.64. The third-order valence-corrected chi connectivity index (χ3v) is 6.25. The van der Waals surface area contributed by atoms with Gasteiger partial charge in [-0.1, -0.05) is 17.7 Å². The van der Waals surface area contributed by atoms with Crippen molar-refractivity contribution in [1.29, 1.82) is 0 Å². The quantitative estimate of drug-likeness (QED) is 0.434. The molecule has 0 amide bonds. The number of benzene rings is 2. The van der Waals surface area contributed by atoms with E-state index in [-0.39, 0.29) is 23.0 Å². The van der Waals surface area contributed by atoms with E-state index in [9.17, 15) is 21.6 Å². The number of aryl methyl sites for hydroxylation is 1. The van der Waals surface area contributed by atoms with E-state index < -0.39 is 32.1 Å². The molecule has 0 aliphatic rings. The summed E-state index contributed by atoms with van der Waals surface area (Å²) in [7, 11) is -7.64. The fraction of sp³-hybridized carbons (Fsp3) is 0.278. The molecule has 158 valence electrons. The molecule has 2 aromatic rings. The third kappa shape index (κ3) is 6.82. The lowest BCUT2D eigenvalue weighted by atomic mass is 10.2. The highest BCUT2D eigenvalue weighted by Crippen LogP contribution is 2.15. The highest BCUT2D eigenvalue weighted by atomic mass is 32.2. The van der Waals surface area contributed by atoms with Crippen molar-refractivity contribution in [1.82, 2.24) is 4.72 Å². The highest BCUT2D eigenvalue weighted by molar-refractivity contribution is 7.89. The number of nitrogens with two attached hydrogens (primary N) is 1. The first-order valence-electron chi connectivity index (χ1n) is 8.50. The van der Waals surface area contributed by atoms with Crippen LogP contribution >= 0.6 is 0 Å². The molecule has 9 nitrogen and oxygen atoms in total. The van der Waals surface area contributed by atoms with Crippen molar-refractivity contribution in [2.24, 2.45) is 5.14 Å². The molecule has 0 saturated heterocycles. The van der Waals surface area contributed by atoms with E-state index in [0.717, 1.165) is 5.56 Å². The van der Waals surface area contributed by atoms with Crippen LogP contribution < -0.4 is 14.6 Å². The normalized spacial score (nSPS) is 12.9. The third-order valence-electron chi connectivity index (χ3n) is 3.77. The second kappa shape index (κ2) is 9.35. The summed E-state index contributed by atoms with van der Waals surface area (Å²) in [4.78, 5) is 12.0. The molecule has 0 spiro atoms. The lowest BCUT2D eigenvalue weighted by Crippen LogP contribution is -2.39. The van der Waals surface area contributed by atoms with Crippen molar-refractivity contribution in [3.05, 3.63) is 54.1 Å². The number of hydrogen-bond acceptors (Lipinski definition) is 7. The van der Waals surface area contributed by atoms with Crippen LogP contribution in [-0.4, -0.2) is 42.1 Å². The SMILES string of the molecule is Cc1ccc(S(=O)(=O)N[C@@H](C)C(=O)OCCOc2ccc(S(N)(=O)=O)cc2)cc1. The molecule has 2 aromatic carbocycles. The van der Waals surface area contributed by atoms with Crippen LogP contribution in [0.15, 0.2) is 58.3 Å². The molecule has 0 saturated carbocycles. The largest absolute Gasteiger partial charge is 0.490 e. The van der Waals surface area contributed by atoms with Gasteiger partial charge in [0.25, 0.3) is 0 Å². The van der Waals surface area contributed by atoms with Gasteiger partial charge in [-0.05, 0) is 50.2 Å².